The van der Waals surface area contributed by atoms with Gasteiger partial charge in [-0.15, -0.1) is 11.3 Å². The number of pyridine rings is 1. The maximum atomic E-state index is 9.72. The van der Waals surface area contributed by atoms with Crippen LogP contribution in [0.15, 0.2) is 21.9 Å². The average Bonchev–Trinajstić information content (AvgIpc) is 3.16. The third-order valence-corrected chi connectivity index (χ3v) is 4.56. The minimum absolute atomic E-state index is 0.444. The Hall–Kier alpha value is -2.56. The predicted octanol–water partition coefficient (Wildman–Crippen LogP) is 3.77. The summed E-state index contributed by atoms with van der Waals surface area (Å²) in [5.74, 6) is 1.95. The van der Waals surface area contributed by atoms with Crippen molar-refractivity contribution in [3.63, 3.8) is 0 Å². The Labute approximate surface area is 143 Å². The summed E-state index contributed by atoms with van der Waals surface area (Å²) in [6.07, 6.45) is 0.822. The number of methoxy groups -OCH3 is 1. The van der Waals surface area contributed by atoms with Gasteiger partial charge in [-0.25, -0.2) is 4.98 Å². The van der Waals surface area contributed by atoms with Crippen LogP contribution in [0.3, 0.4) is 0 Å². The fourth-order valence-electron chi connectivity index (χ4n) is 2.57. The number of nitrogen functional groups attached to an aromatic ring is 1. The van der Waals surface area contributed by atoms with E-state index in [-0.39, 0.29) is 0 Å². The molecule has 3 aromatic rings. The Bertz CT molecular complexity index is 907. The van der Waals surface area contributed by atoms with Gasteiger partial charge in [0.2, 0.25) is 0 Å². The van der Waals surface area contributed by atoms with Crippen molar-refractivity contribution in [1.29, 1.82) is 5.26 Å². The number of aryl methyl sites for hydroxylation is 1. The third kappa shape index (κ3) is 2.94. The molecule has 0 radical (unpaired) electrons. The number of hydrogen-bond acceptors (Lipinski definition) is 7. The summed E-state index contributed by atoms with van der Waals surface area (Å²) in [7, 11) is 1.66. The van der Waals surface area contributed by atoms with Crippen molar-refractivity contribution in [3.8, 4) is 17.4 Å². The molecule has 124 valence electrons. The second kappa shape index (κ2) is 6.91. The molecule has 0 aliphatic heterocycles. The molecular formula is C17H18N4O2S. The number of nitriles is 1. The number of anilines is 2. The maximum Gasteiger partial charge on any atom is 0.146 e. The molecule has 3 N–H and O–H groups in total. The van der Waals surface area contributed by atoms with E-state index in [0.717, 1.165) is 22.4 Å². The molecule has 0 aromatic carbocycles. The zero-order valence-corrected chi connectivity index (χ0v) is 14.4. The number of fused-ring (bicyclic) bond motifs is 1. The smallest absolute Gasteiger partial charge is 0.146 e. The van der Waals surface area contributed by atoms with Gasteiger partial charge in [-0.1, -0.05) is 0 Å². The molecule has 0 aliphatic rings. The van der Waals surface area contributed by atoms with E-state index >= 15 is 0 Å². The first kappa shape index (κ1) is 16.3. The average molecular weight is 342 g/mol. The van der Waals surface area contributed by atoms with Crippen molar-refractivity contribution >= 4 is 33.1 Å². The summed E-state index contributed by atoms with van der Waals surface area (Å²) < 4.78 is 10.8. The topological polar surface area (TPSA) is 97.1 Å². The Morgan fingerprint density at radius 3 is 2.96 bits per heavy atom. The van der Waals surface area contributed by atoms with Crippen LogP contribution in [0.2, 0.25) is 0 Å². The van der Waals surface area contributed by atoms with Crippen LogP contribution in [0, 0.1) is 18.3 Å². The van der Waals surface area contributed by atoms with Crippen LogP contribution in [0.25, 0.3) is 21.5 Å². The maximum absolute atomic E-state index is 9.72. The van der Waals surface area contributed by atoms with Gasteiger partial charge in [-0.05, 0) is 25.5 Å². The molecule has 24 heavy (non-hydrogen) atoms. The summed E-state index contributed by atoms with van der Waals surface area (Å²) in [6, 6.07) is 5.98. The standard InChI is InChI=1S/C17H18N4O2S/c1-10-4-5-13(23-10)14-11(8-18)16(20-6-3-7-22-2)21-17-15(14)12(19)9-24-17/h4-5,9H,3,6-7,19H2,1-2H3,(H,20,21). The fourth-order valence-corrected chi connectivity index (χ4v) is 3.41. The van der Waals surface area contributed by atoms with Gasteiger partial charge in [0.15, 0.2) is 0 Å². The van der Waals surface area contributed by atoms with E-state index in [0.29, 0.717) is 41.5 Å². The van der Waals surface area contributed by atoms with Crippen LogP contribution in [0.1, 0.15) is 17.7 Å². The van der Waals surface area contributed by atoms with E-state index in [1.807, 2.05) is 24.4 Å². The molecule has 0 aliphatic carbocycles. The second-order valence-corrected chi connectivity index (χ2v) is 6.23. The Morgan fingerprint density at radius 1 is 1.46 bits per heavy atom. The predicted molar refractivity (Wildman–Crippen MR) is 96.2 cm³/mol. The number of hydrogen-bond donors (Lipinski definition) is 2. The van der Waals surface area contributed by atoms with Crippen molar-refractivity contribution in [2.75, 3.05) is 31.3 Å². The molecule has 6 nitrogen and oxygen atoms in total. The van der Waals surface area contributed by atoms with Crippen LogP contribution < -0.4 is 11.1 Å². The van der Waals surface area contributed by atoms with Gasteiger partial charge < -0.3 is 20.2 Å². The van der Waals surface area contributed by atoms with Gasteiger partial charge in [0.1, 0.15) is 33.8 Å². The van der Waals surface area contributed by atoms with E-state index in [9.17, 15) is 5.26 Å². The molecule has 3 heterocycles. The highest BCUT2D eigenvalue weighted by Crippen LogP contribution is 2.41. The molecule has 0 spiro atoms. The second-order valence-electron chi connectivity index (χ2n) is 5.38. The normalized spacial score (nSPS) is 10.9. The highest BCUT2D eigenvalue weighted by Gasteiger charge is 2.21. The molecule has 7 heteroatoms. The zero-order chi connectivity index (χ0) is 17.1. The number of nitrogens with two attached hydrogens (primary N) is 1. The third-order valence-electron chi connectivity index (χ3n) is 3.67. The number of rotatable bonds is 6. The monoisotopic (exact) mass is 342 g/mol. The molecule has 3 aromatic heterocycles. The number of nitrogens with one attached hydrogen (secondary N) is 1. The van der Waals surface area contributed by atoms with Crippen LogP contribution in [-0.2, 0) is 4.74 Å². The van der Waals surface area contributed by atoms with Gasteiger partial charge in [0, 0.05) is 31.0 Å². The lowest BCUT2D eigenvalue weighted by molar-refractivity contribution is 0.198. The van der Waals surface area contributed by atoms with E-state index in [2.05, 4.69) is 16.4 Å². The van der Waals surface area contributed by atoms with Crippen molar-refractivity contribution in [3.05, 3.63) is 28.8 Å². The van der Waals surface area contributed by atoms with Crippen LogP contribution in [0.4, 0.5) is 11.5 Å². The van der Waals surface area contributed by atoms with E-state index in [1.54, 1.807) is 7.11 Å². The van der Waals surface area contributed by atoms with Crippen LogP contribution in [0.5, 0.6) is 0 Å². The molecule has 0 bridgehead atoms. The highest BCUT2D eigenvalue weighted by atomic mass is 32.1. The lowest BCUT2D eigenvalue weighted by Crippen LogP contribution is -2.08. The number of furan rings is 1. The SMILES string of the molecule is COCCCNc1nc2scc(N)c2c(-c2ccc(C)o2)c1C#N. The zero-order valence-electron chi connectivity index (χ0n) is 13.5. The molecule has 0 atom stereocenters. The van der Waals surface area contributed by atoms with Gasteiger partial charge in [-0.3, -0.25) is 0 Å². The van der Waals surface area contributed by atoms with Gasteiger partial charge in [0.05, 0.1) is 11.3 Å². The summed E-state index contributed by atoms with van der Waals surface area (Å²) in [5.41, 5.74) is 7.86. The molecule has 0 saturated heterocycles. The molecular weight excluding hydrogens is 324 g/mol. The summed E-state index contributed by atoms with van der Waals surface area (Å²) in [5, 5.41) is 15.6. The first-order valence-corrected chi connectivity index (χ1v) is 8.44. The summed E-state index contributed by atoms with van der Waals surface area (Å²) >= 11 is 1.45. The lowest BCUT2D eigenvalue weighted by atomic mass is 10.0. The lowest BCUT2D eigenvalue weighted by Gasteiger charge is -2.11. The van der Waals surface area contributed by atoms with Crippen LogP contribution in [-0.4, -0.2) is 25.2 Å². The van der Waals surface area contributed by atoms with Crippen molar-refractivity contribution in [1.82, 2.24) is 4.98 Å². The minimum atomic E-state index is 0.444. The Balaban J connectivity index is 2.15. The molecule has 0 amide bonds. The van der Waals surface area contributed by atoms with Gasteiger partial charge in [0.25, 0.3) is 0 Å². The van der Waals surface area contributed by atoms with Crippen molar-refractivity contribution in [2.24, 2.45) is 0 Å². The number of nitrogens with zero attached hydrogens (tertiary/aromatic N) is 2. The van der Waals surface area contributed by atoms with E-state index in [4.69, 9.17) is 14.9 Å². The van der Waals surface area contributed by atoms with Crippen LogP contribution >= 0.6 is 11.3 Å². The van der Waals surface area contributed by atoms with Gasteiger partial charge in [-0.2, -0.15) is 5.26 Å². The Morgan fingerprint density at radius 2 is 2.29 bits per heavy atom. The highest BCUT2D eigenvalue weighted by molar-refractivity contribution is 7.17. The van der Waals surface area contributed by atoms with E-state index < -0.39 is 0 Å². The molecule has 0 saturated carbocycles. The fraction of sp³-hybridized carbons (Fsp3) is 0.294. The first-order chi connectivity index (χ1) is 11.7. The Kier molecular flexibility index (Phi) is 4.69. The number of aromatic nitrogens is 1. The quantitative estimate of drug-likeness (QED) is 0.662. The van der Waals surface area contributed by atoms with Crippen molar-refractivity contribution in [2.45, 2.75) is 13.3 Å². The first-order valence-electron chi connectivity index (χ1n) is 7.56. The summed E-state index contributed by atoms with van der Waals surface area (Å²) in [6.45, 7) is 3.18. The molecule has 0 unspecified atom stereocenters. The number of thiophene rings is 1. The van der Waals surface area contributed by atoms with Gasteiger partial charge >= 0.3 is 0 Å². The summed E-state index contributed by atoms with van der Waals surface area (Å²) in [4.78, 5) is 5.36. The van der Waals surface area contributed by atoms with E-state index in [1.165, 1.54) is 11.3 Å². The minimum Gasteiger partial charge on any atom is -0.461 e. The molecule has 0 fully saturated rings. The largest absolute Gasteiger partial charge is 0.461 e. The van der Waals surface area contributed by atoms with Crippen molar-refractivity contribution < 1.29 is 9.15 Å². The molecule has 3 rings (SSSR count). The number of ether oxygens (including phenoxy) is 1.